The lowest BCUT2D eigenvalue weighted by Gasteiger charge is -2.32. The molecule has 2 aromatic heterocycles. The van der Waals surface area contributed by atoms with Crippen LogP contribution in [-0.4, -0.2) is 38.0 Å². The van der Waals surface area contributed by atoms with E-state index in [4.69, 9.17) is 0 Å². The average Bonchev–Trinajstić information content (AvgIpc) is 3.10. The zero-order valence-corrected chi connectivity index (χ0v) is 13.5. The van der Waals surface area contributed by atoms with Gasteiger partial charge in [0, 0.05) is 25.4 Å². The number of fused-ring (bicyclic) bond motifs is 2. The van der Waals surface area contributed by atoms with Gasteiger partial charge in [0.25, 0.3) is 0 Å². The van der Waals surface area contributed by atoms with E-state index in [1.165, 1.54) is 11.1 Å². The smallest absolute Gasteiger partial charge is 0.242 e. The van der Waals surface area contributed by atoms with Crippen LogP contribution in [0.3, 0.4) is 0 Å². The molecule has 6 heteroatoms. The molecule has 1 amide bonds. The predicted octanol–water partition coefficient (Wildman–Crippen LogP) is 2.11. The lowest BCUT2D eigenvalue weighted by Crippen LogP contribution is -2.44. The summed E-state index contributed by atoms with van der Waals surface area (Å²) in [5, 5.41) is 7.17. The van der Waals surface area contributed by atoms with Crippen LogP contribution in [0.1, 0.15) is 18.1 Å². The number of rotatable bonds is 3. The van der Waals surface area contributed by atoms with Crippen molar-refractivity contribution in [3.63, 3.8) is 0 Å². The summed E-state index contributed by atoms with van der Waals surface area (Å²) in [5.41, 5.74) is 3.41. The molecule has 0 bridgehead atoms. The summed E-state index contributed by atoms with van der Waals surface area (Å²) in [6, 6.07) is 11.8. The van der Waals surface area contributed by atoms with Crippen molar-refractivity contribution < 1.29 is 4.79 Å². The topological polar surface area (TPSA) is 62.5 Å². The van der Waals surface area contributed by atoms with Crippen molar-refractivity contribution in [3.8, 4) is 0 Å². The Hall–Kier alpha value is -2.73. The molecule has 1 aliphatic rings. The number of amides is 1. The maximum atomic E-state index is 12.7. The molecule has 4 rings (SSSR count). The maximum absolute atomic E-state index is 12.7. The minimum atomic E-state index is -0.211. The number of benzene rings is 1. The van der Waals surface area contributed by atoms with Gasteiger partial charge in [0.1, 0.15) is 5.82 Å². The molecule has 1 N–H and O–H groups in total. The van der Waals surface area contributed by atoms with Gasteiger partial charge in [0.2, 0.25) is 5.91 Å². The molecule has 0 fully saturated rings. The number of hydrogen-bond acceptors (Lipinski definition) is 4. The highest BCUT2D eigenvalue weighted by molar-refractivity contribution is 5.94. The summed E-state index contributed by atoms with van der Waals surface area (Å²) in [5.74, 6) is 0.608. The van der Waals surface area contributed by atoms with E-state index in [1.807, 2.05) is 6.92 Å². The number of nitrogens with one attached hydrogen (secondary N) is 1. The van der Waals surface area contributed by atoms with Gasteiger partial charge in [0.05, 0.1) is 12.2 Å². The molecule has 6 nitrogen and oxygen atoms in total. The van der Waals surface area contributed by atoms with Crippen LogP contribution in [0.2, 0.25) is 0 Å². The van der Waals surface area contributed by atoms with Crippen LogP contribution in [0.4, 0.5) is 5.82 Å². The van der Waals surface area contributed by atoms with Crippen LogP contribution >= 0.6 is 0 Å². The largest absolute Gasteiger partial charge is 0.309 e. The molecule has 0 spiro atoms. The molecule has 1 aliphatic heterocycles. The first-order valence-corrected chi connectivity index (χ1v) is 8.13. The minimum Gasteiger partial charge on any atom is -0.309 e. The zero-order chi connectivity index (χ0) is 16.5. The van der Waals surface area contributed by atoms with E-state index in [0.29, 0.717) is 11.5 Å². The average molecular weight is 321 g/mol. The van der Waals surface area contributed by atoms with Gasteiger partial charge in [-0.05, 0) is 30.5 Å². The molecule has 0 aliphatic carbocycles. The van der Waals surface area contributed by atoms with E-state index in [2.05, 4.69) is 44.6 Å². The summed E-state index contributed by atoms with van der Waals surface area (Å²) in [6.45, 7) is 3.64. The lowest BCUT2D eigenvalue weighted by atomic mass is 9.99. The summed E-state index contributed by atoms with van der Waals surface area (Å²) in [4.78, 5) is 19.1. The first kappa shape index (κ1) is 14.8. The number of carbonyl (C=O) groups excluding carboxylic acids is 1. The standard InChI is InChI=1S/C18H19N5O/c1-13(22-11-8-14-4-2-3-5-15(14)12-22)18(24)21-17-6-9-19-16-7-10-20-23(16)17/h2-7,9-10,13H,8,11-12H2,1H3,(H,21,24). The summed E-state index contributed by atoms with van der Waals surface area (Å²) < 4.78 is 1.64. The first-order chi connectivity index (χ1) is 11.7. The van der Waals surface area contributed by atoms with Crippen LogP contribution < -0.4 is 5.32 Å². The lowest BCUT2D eigenvalue weighted by molar-refractivity contribution is -0.121. The first-order valence-electron chi connectivity index (χ1n) is 8.13. The fraction of sp³-hybridized carbons (Fsp3) is 0.278. The molecule has 0 radical (unpaired) electrons. The number of hydrogen-bond donors (Lipinski definition) is 1. The predicted molar refractivity (Wildman–Crippen MR) is 91.6 cm³/mol. The second-order valence-electron chi connectivity index (χ2n) is 6.09. The molecule has 24 heavy (non-hydrogen) atoms. The van der Waals surface area contributed by atoms with E-state index in [0.717, 1.165) is 19.5 Å². The Kier molecular flexibility index (Phi) is 3.74. The highest BCUT2D eigenvalue weighted by Crippen LogP contribution is 2.21. The SMILES string of the molecule is CC(C(=O)Nc1ccnc2ccnn12)N1CCc2ccccc2C1. The summed E-state index contributed by atoms with van der Waals surface area (Å²) in [6.07, 6.45) is 4.32. The van der Waals surface area contributed by atoms with Crippen LogP contribution in [0.15, 0.2) is 48.8 Å². The fourth-order valence-electron chi connectivity index (χ4n) is 3.17. The van der Waals surface area contributed by atoms with Crippen molar-refractivity contribution in [3.05, 3.63) is 59.9 Å². The third-order valence-corrected chi connectivity index (χ3v) is 4.63. The highest BCUT2D eigenvalue weighted by atomic mass is 16.2. The monoisotopic (exact) mass is 321 g/mol. The number of aromatic nitrogens is 3. The van der Waals surface area contributed by atoms with Gasteiger partial charge < -0.3 is 5.32 Å². The fourth-order valence-corrected chi connectivity index (χ4v) is 3.17. The van der Waals surface area contributed by atoms with Gasteiger partial charge in [0.15, 0.2) is 5.65 Å². The number of carbonyl (C=O) groups is 1. The Morgan fingerprint density at radius 1 is 1.17 bits per heavy atom. The summed E-state index contributed by atoms with van der Waals surface area (Å²) in [7, 11) is 0. The molecular formula is C18H19N5O. The third kappa shape index (κ3) is 2.65. The van der Waals surface area contributed by atoms with Gasteiger partial charge in [-0.1, -0.05) is 24.3 Å². The van der Waals surface area contributed by atoms with Crippen LogP contribution in [0, 0.1) is 0 Å². The van der Waals surface area contributed by atoms with Crippen molar-refractivity contribution in [1.82, 2.24) is 19.5 Å². The molecule has 0 saturated carbocycles. The van der Waals surface area contributed by atoms with Crippen LogP contribution in [0.5, 0.6) is 0 Å². The van der Waals surface area contributed by atoms with Gasteiger partial charge in [-0.2, -0.15) is 9.61 Å². The van der Waals surface area contributed by atoms with Crippen LogP contribution in [0.25, 0.3) is 5.65 Å². The van der Waals surface area contributed by atoms with Crippen molar-refractivity contribution in [2.45, 2.75) is 25.9 Å². The van der Waals surface area contributed by atoms with E-state index in [1.54, 1.807) is 29.0 Å². The normalized spacial score (nSPS) is 15.9. The molecule has 1 unspecified atom stereocenters. The van der Waals surface area contributed by atoms with Crippen molar-refractivity contribution in [2.24, 2.45) is 0 Å². The quantitative estimate of drug-likeness (QED) is 0.802. The van der Waals surface area contributed by atoms with Gasteiger partial charge in [-0.3, -0.25) is 9.69 Å². The second-order valence-corrected chi connectivity index (χ2v) is 6.09. The number of anilines is 1. The highest BCUT2D eigenvalue weighted by Gasteiger charge is 2.25. The molecular weight excluding hydrogens is 302 g/mol. The van der Waals surface area contributed by atoms with Crippen molar-refractivity contribution in [2.75, 3.05) is 11.9 Å². The van der Waals surface area contributed by atoms with E-state index in [9.17, 15) is 4.79 Å². The maximum Gasteiger partial charge on any atom is 0.242 e. The molecule has 0 saturated heterocycles. The van der Waals surface area contributed by atoms with Crippen molar-refractivity contribution >= 4 is 17.4 Å². The zero-order valence-electron chi connectivity index (χ0n) is 13.5. The Morgan fingerprint density at radius 2 is 2.00 bits per heavy atom. The molecule has 1 atom stereocenters. The summed E-state index contributed by atoms with van der Waals surface area (Å²) >= 11 is 0. The third-order valence-electron chi connectivity index (χ3n) is 4.63. The van der Waals surface area contributed by atoms with Gasteiger partial charge in [-0.15, -0.1) is 0 Å². The molecule has 122 valence electrons. The van der Waals surface area contributed by atoms with Crippen LogP contribution in [-0.2, 0) is 17.8 Å². The molecule has 3 heterocycles. The van der Waals surface area contributed by atoms with Gasteiger partial charge >= 0.3 is 0 Å². The van der Waals surface area contributed by atoms with E-state index in [-0.39, 0.29) is 11.9 Å². The van der Waals surface area contributed by atoms with E-state index >= 15 is 0 Å². The molecule has 3 aromatic rings. The second kappa shape index (κ2) is 6.05. The Balaban J connectivity index is 1.50. The Bertz CT molecular complexity index is 888. The Labute approximate surface area is 140 Å². The van der Waals surface area contributed by atoms with Gasteiger partial charge in [-0.25, -0.2) is 4.98 Å². The minimum absolute atomic E-state index is 0.0302. The number of nitrogens with zero attached hydrogens (tertiary/aromatic N) is 4. The van der Waals surface area contributed by atoms with E-state index < -0.39 is 0 Å². The molecule has 1 aromatic carbocycles. The van der Waals surface area contributed by atoms with Crippen molar-refractivity contribution in [1.29, 1.82) is 0 Å². The Morgan fingerprint density at radius 3 is 2.88 bits per heavy atom.